The lowest BCUT2D eigenvalue weighted by Crippen LogP contribution is -2.56. The minimum absolute atomic E-state index is 0. The lowest BCUT2D eigenvalue weighted by atomic mass is 10.1. The maximum absolute atomic E-state index is 12.2. The molecule has 2 unspecified atom stereocenters. The second kappa shape index (κ2) is 7.90. The average Bonchev–Trinajstić information content (AvgIpc) is 2.29. The first-order valence-electron chi connectivity index (χ1n) is 6.36. The third-order valence-corrected chi connectivity index (χ3v) is 3.38. The maximum Gasteiger partial charge on any atom is 0.239 e. The molecule has 0 aromatic heterocycles. The Kier molecular flexibility index (Phi) is 7.75. The number of halogens is 1. The fraction of sp³-hybridized carbons (Fsp3) is 0.917. The monoisotopic (exact) mass is 263 g/mol. The zero-order chi connectivity index (χ0) is 12.1. The topological polar surface area (TPSA) is 35.6 Å². The molecule has 0 radical (unpaired) electrons. The van der Waals surface area contributed by atoms with Crippen LogP contribution in [0.3, 0.4) is 0 Å². The summed E-state index contributed by atoms with van der Waals surface area (Å²) in [5, 5.41) is 3.40. The van der Waals surface area contributed by atoms with E-state index >= 15 is 0 Å². The summed E-state index contributed by atoms with van der Waals surface area (Å²) in [7, 11) is 0. The summed E-state index contributed by atoms with van der Waals surface area (Å²) in [6.45, 7) is 12.8. The number of nitrogens with zero attached hydrogens (tertiary/aromatic N) is 2. The Balaban J connectivity index is 0.00000256. The molecule has 0 bridgehead atoms. The second-order valence-corrected chi connectivity index (χ2v) is 4.54. The van der Waals surface area contributed by atoms with Gasteiger partial charge in [-0.2, -0.15) is 0 Å². The molecule has 0 aromatic carbocycles. The van der Waals surface area contributed by atoms with Crippen molar-refractivity contribution < 1.29 is 4.79 Å². The van der Waals surface area contributed by atoms with E-state index in [1.54, 1.807) is 0 Å². The molecule has 0 saturated carbocycles. The molecule has 1 N–H and O–H groups in total. The zero-order valence-corrected chi connectivity index (χ0v) is 12.2. The molecule has 1 aliphatic heterocycles. The molecular formula is C12H26ClN3O. The van der Waals surface area contributed by atoms with Gasteiger partial charge in [-0.3, -0.25) is 9.69 Å². The van der Waals surface area contributed by atoms with Gasteiger partial charge < -0.3 is 10.2 Å². The molecule has 1 fully saturated rings. The van der Waals surface area contributed by atoms with Gasteiger partial charge in [0.15, 0.2) is 0 Å². The fourth-order valence-electron chi connectivity index (χ4n) is 2.27. The number of hydrogen-bond donors (Lipinski definition) is 1. The van der Waals surface area contributed by atoms with Crippen LogP contribution in [0.25, 0.3) is 0 Å². The van der Waals surface area contributed by atoms with Gasteiger partial charge in [0, 0.05) is 38.8 Å². The first kappa shape index (κ1) is 16.7. The molecule has 5 heteroatoms. The van der Waals surface area contributed by atoms with E-state index in [2.05, 4.69) is 17.1 Å². The highest BCUT2D eigenvalue weighted by atomic mass is 35.5. The van der Waals surface area contributed by atoms with E-state index in [0.29, 0.717) is 6.04 Å². The van der Waals surface area contributed by atoms with E-state index in [9.17, 15) is 4.79 Å². The Bertz CT molecular complexity index is 234. The number of hydrogen-bond acceptors (Lipinski definition) is 3. The van der Waals surface area contributed by atoms with Gasteiger partial charge in [0.2, 0.25) is 5.91 Å². The van der Waals surface area contributed by atoms with Crippen LogP contribution in [0.15, 0.2) is 0 Å². The van der Waals surface area contributed by atoms with Crippen molar-refractivity contribution in [3.05, 3.63) is 0 Å². The Labute approximate surface area is 111 Å². The minimum atomic E-state index is 0. The summed E-state index contributed by atoms with van der Waals surface area (Å²) in [4.78, 5) is 16.4. The standard InChI is InChI=1S/C12H25N3O.ClH/c1-5-14(6-2)12(16)11(4)15-8-7-13-10(3)9-15;/h10-11,13H,5-9H2,1-4H3;1H. The molecule has 2 atom stereocenters. The molecule has 1 amide bonds. The van der Waals surface area contributed by atoms with Gasteiger partial charge in [0.1, 0.15) is 0 Å². The number of carbonyl (C=O) groups is 1. The third-order valence-electron chi connectivity index (χ3n) is 3.38. The van der Waals surface area contributed by atoms with E-state index in [0.717, 1.165) is 32.7 Å². The highest BCUT2D eigenvalue weighted by Gasteiger charge is 2.27. The van der Waals surface area contributed by atoms with Crippen LogP contribution in [0.2, 0.25) is 0 Å². The quantitative estimate of drug-likeness (QED) is 0.821. The lowest BCUT2D eigenvalue weighted by molar-refractivity contribution is -0.136. The molecule has 1 heterocycles. The molecule has 102 valence electrons. The van der Waals surface area contributed by atoms with Crippen molar-refractivity contribution in [1.29, 1.82) is 0 Å². The van der Waals surface area contributed by atoms with E-state index in [4.69, 9.17) is 0 Å². The van der Waals surface area contributed by atoms with E-state index in [1.807, 2.05) is 25.7 Å². The minimum Gasteiger partial charge on any atom is -0.342 e. The Hall–Kier alpha value is -0.320. The van der Waals surface area contributed by atoms with E-state index in [1.165, 1.54) is 0 Å². The van der Waals surface area contributed by atoms with Gasteiger partial charge in [0.05, 0.1) is 6.04 Å². The number of rotatable bonds is 4. The van der Waals surface area contributed by atoms with E-state index in [-0.39, 0.29) is 24.4 Å². The van der Waals surface area contributed by atoms with Crippen molar-refractivity contribution in [3.63, 3.8) is 0 Å². The van der Waals surface area contributed by atoms with Gasteiger partial charge in [-0.15, -0.1) is 12.4 Å². The summed E-state index contributed by atoms with van der Waals surface area (Å²) in [5.74, 6) is 0.263. The smallest absolute Gasteiger partial charge is 0.239 e. The molecular weight excluding hydrogens is 238 g/mol. The predicted octanol–water partition coefficient (Wildman–Crippen LogP) is 0.959. The van der Waals surface area contributed by atoms with Crippen LogP contribution in [-0.2, 0) is 4.79 Å². The van der Waals surface area contributed by atoms with Gasteiger partial charge in [0.25, 0.3) is 0 Å². The number of amides is 1. The van der Waals surface area contributed by atoms with Crippen LogP contribution in [0.5, 0.6) is 0 Å². The Morgan fingerprint density at radius 1 is 1.47 bits per heavy atom. The molecule has 1 aliphatic rings. The van der Waals surface area contributed by atoms with Crippen LogP contribution >= 0.6 is 12.4 Å². The molecule has 0 aromatic rings. The summed E-state index contributed by atoms with van der Waals surface area (Å²) in [6.07, 6.45) is 0. The number of piperazine rings is 1. The Morgan fingerprint density at radius 2 is 2.06 bits per heavy atom. The van der Waals surface area contributed by atoms with Crippen LogP contribution in [0.4, 0.5) is 0 Å². The maximum atomic E-state index is 12.2. The van der Waals surface area contributed by atoms with Gasteiger partial charge in [-0.1, -0.05) is 0 Å². The van der Waals surface area contributed by atoms with Crippen molar-refractivity contribution in [2.24, 2.45) is 0 Å². The molecule has 0 spiro atoms. The fourth-order valence-corrected chi connectivity index (χ4v) is 2.27. The summed E-state index contributed by atoms with van der Waals surface area (Å²) in [6, 6.07) is 0.505. The van der Waals surface area contributed by atoms with Crippen LogP contribution in [0.1, 0.15) is 27.7 Å². The van der Waals surface area contributed by atoms with E-state index < -0.39 is 0 Å². The third kappa shape index (κ3) is 4.45. The van der Waals surface area contributed by atoms with Crippen molar-refractivity contribution in [2.75, 3.05) is 32.7 Å². The average molecular weight is 264 g/mol. The predicted molar refractivity (Wildman–Crippen MR) is 73.7 cm³/mol. The van der Waals surface area contributed by atoms with Crippen LogP contribution in [-0.4, -0.2) is 60.5 Å². The first-order chi connectivity index (χ1) is 7.60. The van der Waals surface area contributed by atoms with Crippen molar-refractivity contribution in [2.45, 2.75) is 39.8 Å². The van der Waals surface area contributed by atoms with Crippen molar-refractivity contribution >= 4 is 18.3 Å². The highest BCUT2D eigenvalue weighted by molar-refractivity contribution is 5.85. The normalized spacial score (nSPS) is 22.7. The largest absolute Gasteiger partial charge is 0.342 e. The van der Waals surface area contributed by atoms with Gasteiger partial charge >= 0.3 is 0 Å². The van der Waals surface area contributed by atoms with Crippen molar-refractivity contribution in [1.82, 2.24) is 15.1 Å². The highest BCUT2D eigenvalue weighted by Crippen LogP contribution is 2.07. The number of carbonyl (C=O) groups excluding carboxylic acids is 1. The SMILES string of the molecule is CCN(CC)C(=O)C(C)N1CCNC(C)C1.Cl. The Morgan fingerprint density at radius 3 is 2.53 bits per heavy atom. The van der Waals surface area contributed by atoms with Gasteiger partial charge in [-0.05, 0) is 27.7 Å². The molecule has 0 aliphatic carbocycles. The second-order valence-electron chi connectivity index (χ2n) is 4.54. The first-order valence-corrected chi connectivity index (χ1v) is 6.36. The van der Waals surface area contributed by atoms with Gasteiger partial charge in [-0.25, -0.2) is 0 Å². The zero-order valence-electron chi connectivity index (χ0n) is 11.4. The molecule has 1 rings (SSSR count). The molecule has 17 heavy (non-hydrogen) atoms. The van der Waals surface area contributed by atoms with Crippen LogP contribution < -0.4 is 5.32 Å². The summed E-state index contributed by atoms with van der Waals surface area (Å²) in [5.41, 5.74) is 0. The lowest BCUT2D eigenvalue weighted by Gasteiger charge is -2.37. The van der Waals surface area contributed by atoms with Crippen LogP contribution in [0, 0.1) is 0 Å². The molecule has 4 nitrogen and oxygen atoms in total. The summed E-state index contributed by atoms with van der Waals surface area (Å²) < 4.78 is 0. The summed E-state index contributed by atoms with van der Waals surface area (Å²) >= 11 is 0. The number of likely N-dealkylation sites (N-methyl/N-ethyl adjacent to an activating group) is 1. The van der Waals surface area contributed by atoms with Crippen molar-refractivity contribution in [3.8, 4) is 0 Å². The number of nitrogens with one attached hydrogen (secondary N) is 1. The molecule has 1 saturated heterocycles.